The minimum atomic E-state index is -0.200. The summed E-state index contributed by atoms with van der Waals surface area (Å²) in [5.74, 6) is 0.361. The minimum absolute atomic E-state index is 0.0115. The molecule has 2 N–H and O–H groups in total. The molecule has 0 spiro atoms. The zero-order chi connectivity index (χ0) is 17.7. The SMILES string of the molecule is COc1ccc(NC(=S)NCC2(c3ccc(F)cc3)CCCC2)cn1. The van der Waals surface area contributed by atoms with E-state index in [9.17, 15) is 4.39 Å². The molecule has 0 unspecified atom stereocenters. The van der Waals surface area contributed by atoms with Crippen molar-refractivity contribution in [3.05, 3.63) is 54.0 Å². The van der Waals surface area contributed by atoms with Gasteiger partial charge in [0, 0.05) is 18.0 Å². The van der Waals surface area contributed by atoms with Gasteiger partial charge in [0.15, 0.2) is 5.11 Å². The lowest BCUT2D eigenvalue weighted by Crippen LogP contribution is -2.40. The maximum Gasteiger partial charge on any atom is 0.213 e. The Morgan fingerprint density at radius 3 is 2.52 bits per heavy atom. The first-order valence-electron chi connectivity index (χ1n) is 8.42. The summed E-state index contributed by atoms with van der Waals surface area (Å²) < 4.78 is 18.3. The van der Waals surface area contributed by atoms with Crippen LogP contribution in [0.5, 0.6) is 5.88 Å². The molecular formula is C19H22FN3OS. The van der Waals surface area contributed by atoms with E-state index in [0.717, 1.165) is 25.1 Å². The van der Waals surface area contributed by atoms with Crippen LogP contribution in [0.15, 0.2) is 42.6 Å². The van der Waals surface area contributed by atoms with Gasteiger partial charge in [-0.05, 0) is 48.8 Å². The van der Waals surface area contributed by atoms with Gasteiger partial charge < -0.3 is 15.4 Å². The summed E-state index contributed by atoms with van der Waals surface area (Å²) in [6, 6.07) is 10.5. The second-order valence-corrected chi connectivity index (χ2v) is 6.80. The van der Waals surface area contributed by atoms with Crippen molar-refractivity contribution in [3.63, 3.8) is 0 Å². The Morgan fingerprint density at radius 1 is 1.20 bits per heavy atom. The molecule has 1 aliphatic carbocycles. The number of pyridine rings is 1. The molecule has 1 aliphatic rings. The average Bonchev–Trinajstić information content (AvgIpc) is 3.11. The van der Waals surface area contributed by atoms with E-state index in [1.165, 1.54) is 30.5 Å². The summed E-state index contributed by atoms with van der Waals surface area (Å²) in [5.41, 5.74) is 1.99. The third-order valence-electron chi connectivity index (χ3n) is 4.81. The Bertz CT molecular complexity index is 712. The molecule has 6 heteroatoms. The first-order valence-corrected chi connectivity index (χ1v) is 8.83. The number of nitrogens with zero attached hydrogens (tertiary/aromatic N) is 1. The van der Waals surface area contributed by atoms with E-state index in [2.05, 4.69) is 15.6 Å². The van der Waals surface area contributed by atoms with E-state index in [0.29, 0.717) is 11.0 Å². The van der Waals surface area contributed by atoms with E-state index in [4.69, 9.17) is 17.0 Å². The topological polar surface area (TPSA) is 46.2 Å². The summed E-state index contributed by atoms with van der Waals surface area (Å²) in [4.78, 5) is 4.15. The third kappa shape index (κ3) is 4.25. The van der Waals surface area contributed by atoms with Gasteiger partial charge in [0.1, 0.15) is 5.82 Å². The maximum absolute atomic E-state index is 13.2. The Labute approximate surface area is 152 Å². The molecule has 1 aromatic carbocycles. The third-order valence-corrected chi connectivity index (χ3v) is 5.05. The number of hydrogen-bond acceptors (Lipinski definition) is 3. The van der Waals surface area contributed by atoms with Crippen molar-refractivity contribution >= 4 is 23.0 Å². The summed E-state index contributed by atoms with van der Waals surface area (Å²) in [7, 11) is 1.58. The Morgan fingerprint density at radius 2 is 1.92 bits per heavy atom. The summed E-state index contributed by atoms with van der Waals surface area (Å²) in [6.45, 7) is 0.730. The number of thiocarbonyl (C=S) groups is 1. The van der Waals surface area contributed by atoms with Crippen LogP contribution in [0.25, 0.3) is 0 Å². The van der Waals surface area contributed by atoms with Crippen molar-refractivity contribution in [2.45, 2.75) is 31.1 Å². The molecule has 0 bridgehead atoms. The lowest BCUT2D eigenvalue weighted by Gasteiger charge is -2.30. The zero-order valence-electron chi connectivity index (χ0n) is 14.2. The molecule has 1 heterocycles. The minimum Gasteiger partial charge on any atom is -0.481 e. The molecule has 3 rings (SSSR count). The molecule has 2 aromatic rings. The van der Waals surface area contributed by atoms with E-state index < -0.39 is 0 Å². The molecule has 132 valence electrons. The van der Waals surface area contributed by atoms with Crippen LogP contribution in [0.3, 0.4) is 0 Å². The van der Waals surface area contributed by atoms with E-state index in [-0.39, 0.29) is 11.2 Å². The van der Waals surface area contributed by atoms with Crippen molar-refractivity contribution in [2.75, 3.05) is 19.0 Å². The van der Waals surface area contributed by atoms with Crippen molar-refractivity contribution < 1.29 is 9.13 Å². The summed E-state index contributed by atoms with van der Waals surface area (Å²) in [6.07, 6.45) is 6.21. The second kappa shape index (κ2) is 7.78. The molecule has 0 aliphatic heterocycles. The fourth-order valence-corrected chi connectivity index (χ4v) is 3.61. The van der Waals surface area contributed by atoms with E-state index in [1.807, 2.05) is 18.2 Å². The lowest BCUT2D eigenvalue weighted by atomic mass is 9.79. The van der Waals surface area contributed by atoms with Crippen LogP contribution < -0.4 is 15.4 Å². The molecule has 1 saturated carbocycles. The monoisotopic (exact) mass is 359 g/mol. The van der Waals surface area contributed by atoms with E-state index in [1.54, 1.807) is 19.4 Å². The highest BCUT2D eigenvalue weighted by molar-refractivity contribution is 7.80. The number of anilines is 1. The molecule has 1 fully saturated rings. The number of nitrogens with one attached hydrogen (secondary N) is 2. The molecule has 0 amide bonds. The predicted octanol–water partition coefficient (Wildman–Crippen LogP) is 4.03. The van der Waals surface area contributed by atoms with Gasteiger partial charge in [0.25, 0.3) is 0 Å². The summed E-state index contributed by atoms with van der Waals surface area (Å²) >= 11 is 5.41. The number of rotatable bonds is 5. The van der Waals surface area contributed by atoms with Crippen LogP contribution in [0.1, 0.15) is 31.2 Å². The number of methoxy groups -OCH3 is 1. The molecule has 25 heavy (non-hydrogen) atoms. The Hall–Kier alpha value is -2.21. The Kier molecular flexibility index (Phi) is 5.48. The molecular weight excluding hydrogens is 337 g/mol. The van der Waals surface area contributed by atoms with Crippen molar-refractivity contribution in [1.29, 1.82) is 0 Å². The molecule has 0 saturated heterocycles. The van der Waals surface area contributed by atoms with Crippen LogP contribution in [-0.2, 0) is 5.41 Å². The molecule has 0 radical (unpaired) electrons. The van der Waals surface area contributed by atoms with Gasteiger partial charge in [-0.1, -0.05) is 25.0 Å². The number of ether oxygens (including phenoxy) is 1. The number of benzene rings is 1. The largest absolute Gasteiger partial charge is 0.481 e. The van der Waals surface area contributed by atoms with Crippen LogP contribution in [0, 0.1) is 5.82 Å². The second-order valence-electron chi connectivity index (χ2n) is 6.39. The van der Waals surface area contributed by atoms with Crippen molar-refractivity contribution in [3.8, 4) is 5.88 Å². The molecule has 4 nitrogen and oxygen atoms in total. The van der Waals surface area contributed by atoms with Crippen molar-refractivity contribution in [1.82, 2.24) is 10.3 Å². The highest BCUT2D eigenvalue weighted by Crippen LogP contribution is 2.40. The quantitative estimate of drug-likeness (QED) is 0.790. The maximum atomic E-state index is 13.2. The fourth-order valence-electron chi connectivity index (χ4n) is 3.42. The number of hydrogen-bond donors (Lipinski definition) is 2. The van der Waals surface area contributed by atoms with Gasteiger partial charge in [-0.3, -0.25) is 0 Å². The lowest BCUT2D eigenvalue weighted by molar-refractivity contribution is 0.398. The van der Waals surface area contributed by atoms with Crippen molar-refractivity contribution in [2.24, 2.45) is 0 Å². The highest BCUT2D eigenvalue weighted by Gasteiger charge is 2.35. The normalized spacial score (nSPS) is 15.6. The van der Waals surface area contributed by atoms with E-state index >= 15 is 0 Å². The summed E-state index contributed by atoms with van der Waals surface area (Å²) in [5, 5.41) is 7.02. The predicted molar refractivity (Wildman–Crippen MR) is 102 cm³/mol. The number of aromatic nitrogens is 1. The van der Waals surface area contributed by atoms with Gasteiger partial charge >= 0.3 is 0 Å². The van der Waals surface area contributed by atoms with Crippen LogP contribution >= 0.6 is 12.2 Å². The first-order chi connectivity index (χ1) is 12.1. The van der Waals surface area contributed by atoms with Gasteiger partial charge in [-0.25, -0.2) is 9.37 Å². The highest BCUT2D eigenvalue weighted by atomic mass is 32.1. The smallest absolute Gasteiger partial charge is 0.213 e. The van der Waals surface area contributed by atoms with Crippen LogP contribution in [0.2, 0.25) is 0 Å². The van der Waals surface area contributed by atoms with Gasteiger partial charge in [0.2, 0.25) is 5.88 Å². The molecule has 1 aromatic heterocycles. The average molecular weight is 359 g/mol. The van der Waals surface area contributed by atoms with Crippen LogP contribution in [0.4, 0.5) is 10.1 Å². The first kappa shape index (κ1) is 17.6. The number of halogens is 1. The fraction of sp³-hybridized carbons (Fsp3) is 0.368. The zero-order valence-corrected chi connectivity index (χ0v) is 15.0. The van der Waals surface area contributed by atoms with Gasteiger partial charge in [0.05, 0.1) is 19.0 Å². The van der Waals surface area contributed by atoms with Crippen LogP contribution in [-0.4, -0.2) is 23.8 Å². The van der Waals surface area contributed by atoms with Gasteiger partial charge in [-0.15, -0.1) is 0 Å². The van der Waals surface area contributed by atoms with Gasteiger partial charge in [-0.2, -0.15) is 0 Å². The Balaban J connectivity index is 1.63. The standard InChI is InChI=1S/C19H22FN3OS/c1-24-17-9-8-16(12-21-17)23-18(25)22-13-19(10-2-3-11-19)14-4-6-15(20)7-5-14/h4-9,12H,2-3,10-11,13H2,1H3,(H2,22,23,25). The molecule has 0 atom stereocenters.